The summed E-state index contributed by atoms with van der Waals surface area (Å²) in [6.07, 6.45) is 1.44. The zero-order valence-corrected chi connectivity index (χ0v) is 10.7. The fourth-order valence-electron chi connectivity index (χ4n) is 2.41. The zero-order chi connectivity index (χ0) is 14.1. The SMILES string of the molecule is Nc1cccc(-c2nncn2C2CCN(C(=O)O)C2)n1. The van der Waals surface area contributed by atoms with Crippen LogP contribution in [-0.4, -0.2) is 48.9 Å². The number of likely N-dealkylation sites (tertiary alicyclic amines) is 1. The molecule has 0 bridgehead atoms. The molecule has 3 heterocycles. The van der Waals surface area contributed by atoms with Gasteiger partial charge in [-0.2, -0.15) is 0 Å². The van der Waals surface area contributed by atoms with Crippen LogP contribution in [0, 0.1) is 0 Å². The number of hydrogen-bond donors (Lipinski definition) is 2. The third-order valence-corrected chi connectivity index (χ3v) is 3.40. The lowest BCUT2D eigenvalue weighted by Crippen LogP contribution is -2.27. The smallest absolute Gasteiger partial charge is 0.407 e. The summed E-state index contributed by atoms with van der Waals surface area (Å²) < 4.78 is 1.87. The van der Waals surface area contributed by atoms with Crippen LogP contribution in [0.5, 0.6) is 0 Å². The minimum atomic E-state index is -0.899. The molecule has 3 N–H and O–H groups in total. The first-order valence-electron chi connectivity index (χ1n) is 6.25. The summed E-state index contributed by atoms with van der Waals surface area (Å²) in [7, 11) is 0. The van der Waals surface area contributed by atoms with Gasteiger partial charge >= 0.3 is 6.09 Å². The van der Waals surface area contributed by atoms with Crippen molar-refractivity contribution in [1.82, 2.24) is 24.6 Å². The average Bonchev–Trinajstić information content (AvgIpc) is 3.07. The maximum absolute atomic E-state index is 11.0. The van der Waals surface area contributed by atoms with Crippen molar-refractivity contribution in [3.63, 3.8) is 0 Å². The number of amides is 1. The molecule has 1 saturated heterocycles. The van der Waals surface area contributed by atoms with Gasteiger partial charge in [-0.3, -0.25) is 0 Å². The second kappa shape index (κ2) is 4.80. The van der Waals surface area contributed by atoms with E-state index in [2.05, 4.69) is 15.2 Å². The molecule has 3 rings (SSSR count). The Morgan fingerprint density at radius 3 is 3.00 bits per heavy atom. The number of nitrogens with two attached hydrogens (primary N) is 1. The molecule has 104 valence electrons. The summed E-state index contributed by atoms with van der Waals surface area (Å²) in [5, 5.41) is 17.0. The first kappa shape index (κ1) is 12.4. The van der Waals surface area contributed by atoms with Crippen LogP contribution in [-0.2, 0) is 0 Å². The van der Waals surface area contributed by atoms with Crippen LogP contribution in [0.25, 0.3) is 11.5 Å². The summed E-state index contributed by atoms with van der Waals surface area (Å²) in [5.41, 5.74) is 6.31. The third-order valence-electron chi connectivity index (χ3n) is 3.40. The quantitative estimate of drug-likeness (QED) is 0.839. The molecule has 1 atom stereocenters. The van der Waals surface area contributed by atoms with Crippen molar-refractivity contribution in [3.05, 3.63) is 24.5 Å². The Bertz CT molecular complexity index is 640. The van der Waals surface area contributed by atoms with E-state index in [0.29, 0.717) is 30.4 Å². The van der Waals surface area contributed by atoms with Crippen LogP contribution in [0.15, 0.2) is 24.5 Å². The molecule has 8 nitrogen and oxygen atoms in total. The molecule has 0 radical (unpaired) electrons. The van der Waals surface area contributed by atoms with E-state index in [1.165, 1.54) is 4.90 Å². The molecule has 1 aliphatic heterocycles. The monoisotopic (exact) mass is 274 g/mol. The Kier molecular flexibility index (Phi) is 2.97. The number of nitrogen functional groups attached to an aromatic ring is 1. The molecule has 1 aliphatic rings. The summed E-state index contributed by atoms with van der Waals surface area (Å²) in [6.45, 7) is 0.949. The molecule has 1 fully saturated rings. The van der Waals surface area contributed by atoms with E-state index < -0.39 is 6.09 Å². The predicted molar refractivity (Wildman–Crippen MR) is 70.9 cm³/mol. The highest BCUT2D eigenvalue weighted by Gasteiger charge is 2.29. The standard InChI is InChI=1S/C12H14N6O2/c13-10-3-1-2-9(15-10)11-16-14-7-18(11)8-4-5-17(6-8)12(19)20/h1-3,7-8H,4-6H2,(H2,13,15)(H,19,20). The van der Waals surface area contributed by atoms with Gasteiger partial charge in [0.1, 0.15) is 17.8 Å². The van der Waals surface area contributed by atoms with Crippen molar-refractivity contribution in [1.29, 1.82) is 0 Å². The topological polar surface area (TPSA) is 110 Å². The van der Waals surface area contributed by atoms with Crippen LogP contribution >= 0.6 is 0 Å². The zero-order valence-electron chi connectivity index (χ0n) is 10.7. The number of rotatable bonds is 2. The van der Waals surface area contributed by atoms with E-state index in [1.54, 1.807) is 24.5 Å². The number of anilines is 1. The summed E-state index contributed by atoms with van der Waals surface area (Å²) >= 11 is 0. The van der Waals surface area contributed by atoms with Crippen molar-refractivity contribution < 1.29 is 9.90 Å². The minimum Gasteiger partial charge on any atom is -0.465 e. The van der Waals surface area contributed by atoms with Gasteiger partial charge in [0.05, 0.1) is 6.04 Å². The Balaban J connectivity index is 1.90. The number of carboxylic acid groups (broad SMARTS) is 1. The van der Waals surface area contributed by atoms with Gasteiger partial charge in [-0.05, 0) is 18.6 Å². The lowest BCUT2D eigenvalue weighted by atomic mass is 10.2. The van der Waals surface area contributed by atoms with Gasteiger partial charge in [-0.25, -0.2) is 9.78 Å². The largest absolute Gasteiger partial charge is 0.465 e. The third kappa shape index (κ3) is 2.15. The minimum absolute atomic E-state index is 0.0272. The molecule has 0 aliphatic carbocycles. The van der Waals surface area contributed by atoms with Crippen molar-refractivity contribution in [2.24, 2.45) is 0 Å². The Morgan fingerprint density at radius 2 is 2.30 bits per heavy atom. The van der Waals surface area contributed by atoms with Crippen LogP contribution in [0.1, 0.15) is 12.5 Å². The maximum Gasteiger partial charge on any atom is 0.407 e. The molecular formula is C12H14N6O2. The van der Waals surface area contributed by atoms with Crippen LogP contribution in [0.3, 0.4) is 0 Å². The lowest BCUT2D eigenvalue weighted by Gasteiger charge is -2.15. The molecule has 0 aromatic carbocycles. The van der Waals surface area contributed by atoms with E-state index in [1.807, 2.05) is 4.57 Å². The molecule has 2 aromatic heterocycles. The molecule has 0 spiro atoms. The van der Waals surface area contributed by atoms with Gasteiger partial charge in [0.15, 0.2) is 5.82 Å². The van der Waals surface area contributed by atoms with Crippen LogP contribution in [0.4, 0.5) is 10.6 Å². The van der Waals surface area contributed by atoms with E-state index in [-0.39, 0.29) is 6.04 Å². The molecule has 1 unspecified atom stereocenters. The van der Waals surface area contributed by atoms with Crippen molar-refractivity contribution in [2.75, 3.05) is 18.8 Å². The van der Waals surface area contributed by atoms with Gasteiger partial charge in [0, 0.05) is 13.1 Å². The fraction of sp³-hybridized carbons (Fsp3) is 0.333. The number of pyridine rings is 1. The lowest BCUT2D eigenvalue weighted by molar-refractivity contribution is 0.154. The Labute approximate surface area is 114 Å². The fourth-order valence-corrected chi connectivity index (χ4v) is 2.41. The molecule has 1 amide bonds. The van der Waals surface area contributed by atoms with E-state index >= 15 is 0 Å². The normalized spacial score (nSPS) is 18.4. The summed E-state index contributed by atoms with van der Waals surface area (Å²) in [5.74, 6) is 1.02. The highest BCUT2D eigenvalue weighted by Crippen LogP contribution is 2.26. The number of nitrogens with zero attached hydrogens (tertiary/aromatic N) is 5. The highest BCUT2D eigenvalue weighted by molar-refractivity contribution is 5.65. The molecule has 8 heteroatoms. The highest BCUT2D eigenvalue weighted by atomic mass is 16.4. The summed E-state index contributed by atoms with van der Waals surface area (Å²) in [4.78, 5) is 16.6. The maximum atomic E-state index is 11.0. The number of hydrogen-bond acceptors (Lipinski definition) is 5. The number of aromatic nitrogens is 4. The van der Waals surface area contributed by atoms with Crippen molar-refractivity contribution in [2.45, 2.75) is 12.5 Å². The van der Waals surface area contributed by atoms with Gasteiger partial charge in [-0.1, -0.05) is 6.07 Å². The first-order chi connectivity index (χ1) is 9.65. The first-order valence-corrected chi connectivity index (χ1v) is 6.25. The van der Waals surface area contributed by atoms with Crippen molar-refractivity contribution >= 4 is 11.9 Å². The molecule has 2 aromatic rings. The van der Waals surface area contributed by atoms with Gasteiger partial charge in [0.25, 0.3) is 0 Å². The van der Waals surface area contributed by atoms with E-state index in [9.17, 15) is 4.79 Å². The second-order valence-electron chi connectivity index (χ2n) is 4.68. The van der Waals surface area contributed by atoms with Crippen LogP contribution < -0.4 is 5.73 Å². The Hall–Kier alpha value is -2.64. The van der Waals surface area contributed by atoms with Crippen molar-refractivity contribution in [3.8, 4) is 11.5 Å². The van der Waals surface area contributed by atoms with Gasteiger partial charge < -0.3 is 20.3 Å². The number of carbonyl (C=O) groups is 1. The van der Waals surface area contributed by atoms with Crippen LogP contribution in [0.2, 0.25) is 0 Å². The van der Waals surface area contributed by atoms with Gasteiger partial charge in [0.2, 0.25) is 0 Å². The molecule has 0 saturated carbocycles. The average molecular weight is 274 g/mol. The van der Waals surface area contributed by atoms with E-state index in [0.717, 1.165) is 6.42 Å². The Morgan fingerprint density at radius 1 is 1.45 bits per heavy atom. The molecular weight excluding hydrogens is 260 g/mol. The second-order valence-corrected chi connectivity index (χ2v) is 4.68. The summed E-state index contributed by atoms with van der Waals surface area (Å²) in [6, 6.07) is 5.33. The molecule has 20 heavy (non-hydrogen) atoms. The van der Waals surface area contributed by atoms with Gasteiger partial charge in [-0.15, -0.1) is 10.2 Å². The predicted octanol–water partition coefficient (Wildman–Crippen LogP) is 0.847. The van der Waals surface area contributed by atoms with E-state index in [4.69, 9.17) is 10.8 Å².